The van der Waals surface area contributed by atoms with Gasteiger partial charge in [0.2, 0.25) is 11.8 Å². The molecule has 4 aromatic rings. The van der Waals surface area contributed by atoms with Crippen LogP contribution in [0.1, 0.15) is 30.5 Å². The molecule has 43 heavy (non-hydrogen) atoms. The summed E-state index contributed by atoms with van der Waals surface area (Å²) in [6, 6.07) is 28.7. The maximum absolute atomic E-state index is 15.2. The van der Waals surface area contributed by atoms with Gasteiger partial charge in [0.05, 0.1) is 10.6 Å². The summed E-state index contributed by atoms with van der Waals surface area (Å²) < 4.78 is 43.7. The Morgan fingerprint density at radius 1 is 0.814 bits per heavy atom. The lowest BCUT2D eigenvalue weighted by Crippen LogP contribution is -2.54. The third kappa shape index (κ3) is 8.08. The monoisotopic (exact) mass is 601 g/mol. The standard InChI is InChI=1S/C34H36FN3O4S/c1-25(2)36-34(40)32(22-27-14-6-4-7-15-27)37(23-28-16-12-13-26(3)21-28)33(39)24-38(31-20-11-10-19-30(31)35)43(41,42)29-17-8-5-9-18-29/h4-21,25,32H,22-24H2,1-3H3,(H,36,40)/t32-/m1/s1. The van der Waals surface area contributed by atoms with Gasteiger partial charge in [-0.3, -0.25) is 13.9 Å². The van der Waals surface area contributed by atoms with Crippen LogP contribution >= 0.6 is 0 Å². The van der Waals surface area contributed by atoms with E-state index in [9.17, 15) is 18.0 Å². The number of nitrogens with zero attached hydrogens (tertiary/aromatic N) is 2. The van der Waals surface area contributed by atoms with E-state index in [2.05, 4.69) is 5.32 Å². The van der Waals surface area contributed by atoms with E-state index in [0.717, 1.165) is 27.1 Å². The molecule has 0 aliphatic rings. The Balaban J connectivity index is 1.81. The van der Waals surface area contributed by atoms with Gasteiger partial charge in [0.1, 0.15) is 18.4 Å². The van der Waals surface area contributed by atoms with Crippen molar-refractivity contribution in [1.29, 1.82) is 0 Å². The average Bonchev–Trinajstić information content (AvgIpc) is 2.98. The normalized spacial score (nSPS) is 12.0. The Morgan fingerprint density at radius 2 is 1.42 bits per heavy atom. The van der Waals surface area contributed by atoms with E-state index in [0.29, 0.717) is 0 Å². The van der Waals surface area contributed by atoms with Crippen LogP contribution in [0.3, 0.4) is 0 Å². The number of amides is 2. The molecule has 0 saturated carbocycles. The molecule has 1 atom stereocenters. The number of carbonyl (C=O) groups excluding carboxylic acids is 2. The van der Waals surface area contributed by atoms with Crippen molar-refractivity contribution in [2.75, 3.05) is 10.8 Å². The van der Waals surface area contributed by atoms with Crippen LogP contribution in [-0.2, 0) is 32.6 Å². The number of aryl methyl sites for hydroxylation is 1. The first kappa shape index (κ1) is 31.4. The highest BCUT2D eigenvalue weighted by Crippen LogP contribution is 2.27. The maximum atomic E-state index is 15.2. The van der Waals surface area contributed by atoms with Gasteiger partial charge in [0.15, 0.2) is 0 Å². The second-order valence-corrected chi connectivity index (χ2v) is 12.5. The van der Waals surface area contributed by atoms with Crippen LogP contribution in [0.25, 0.3) is 0 Å². The number of sulfonamides is 1. The van der Waals surface area contributed by atoms with Crippen molar-refractivity contribution < 1.29 is 22.4 Å². The summed E-state index contributed by atoms with van der Waals surface area (Å²) in [5, 5.41) is 2.92. The summed E-state index contributed by atoms with van der Waals surface area (Å²) in [5.74, 6) is -1.81. The smallest absolute Gasteiger partial charge is 0.264 e. The number of para-hydroxylation sites is 1. The zero-order valence-corrected chi connectivity index (χ0v) is 25.3. The van der Waals surface area contributed by atoms with Gasteiger partial charge in [-0.25, -0.2) is 12.8 Å². The summed E-state index contributed by atoms with van der Waals surface area (Å²) in [6.07, 6.45) is 0.197. The zero-order chi connectivity index (χ0) is 31.0. The minimum Gasteiger partial charge on any atom is -0.352 e. The molecular weight excluding hydrogens is 565 g/mol. The van der Waals surface area contributed by atoms with Crippen molar-refractivity contribution in [2.24, 2.45) is 0 Å². The Hall–Kier alpha value is -4.50. The largest absolute Gasteiger partial charge is 0.352 e. The quantitative estimate of drug-likeness (QED) is 0.233. The molecule has 0 heterocycles. The first-order chi connectivity index (χ1) is 20.6. The van der Waals surface area contributed by atoms with E-state index in [-0.39, 0.29) is 35.5 Å². The summed E-state index contributed by atoms with van der Waals surface area (Å²) in [7, 11) is -4.36. The second-order valence-electron chi connectivity index (χ2n) is 10.7. The topological polar surface area (TPSA) is 86.8 Å². The molecule has 4 aromatic carbocycles. The molecule has 0 aliphatic carbocycles. The molecule has 0 aliphatic heterocycles. The van der Waals surface area contributed by atoms with Crippen LogP contribution < -0.4 is 9.62 Å². The van der Waals surface area contributed by atoms with Crippen molar-refractivity contribution >= 4 is 27.5 Å². The van der Waals surface area contributed by atoms with Gasteiger partial charge < -0.3 is 10.2 Å². The highest BCUT2D eigenvalue weighted by atomic mass is 32.2. The molecule has 4 rings (SSSR count). The van der Waals surface area contributed by atoms with E-state index < -0.39 is 34.3 Å². The van der Waals surface area contributed by atoms with Gasteiger partial charge in [-0.1, -0.05) is 90.5 Å². The highest BCUT2D eigenvalue weighted by Gasteiger charge is 2.35. The van der Waals surface area contributed by atoms with E-state index in [4.69, 9.17) is 0 Å². The van der Waals surface area contributed by atoms with Gasteiger partial charge in [0.25, 0.3) is 10.0 Å². The van der Waals surface area contributed by atoms with Crippen molar-refractivity contribution in [3.8, 4) is 0 Å². The zero-order valence-electron chi connectivity index (χ0n) is 24.5. The average molecular weight is 602 g/mol. The SMILES string of the molecule is Cc1cccc(CN(C(=O)CN(c2ccccc2F)S(=O)(=O)c2ccccc2)[C@H](Cc2ccccc2)C(=O)NC(C)C)c1. The van der Waals surface area contributed by atoms with Crippen LogP contribution in [0.15, 0.2) is 114 Å². The Bertz CT molecular complexity index is 1650. The molecule has 0 fully saturated rings. The second kappa shape index (κ2) is 14.1. The Kier molecular flexibility index (Phi) is 10.3. The van der Waals surface area contributed by atoms with Crippen LogP contribution in [0.5, 0.6) is 0 Å². The molecule has 1 N–H and O–H groups in total. The Morgan fingerprint density at radius 3 is 2.05 bits per heavy atom. The molecule has 0 bridgehead atoms. The van der Waals surface area contributed by atoms with Gasteiger partial charge in [-0.05, 0) is 56.2 Å². The van der Waals surface area contributed by atoms with Crippen LogP contribution in [-0.4, -0.2) is 43.8 Å². The molecule has 0 spiro atoms. The van der Waals surface area contributed by atoms with Gasteiger partial charge in [0, 0.05) is 19.0 Å². The molecule has 0 saturated heterocycles. The highest BCUT2D eigenvalue weighted by molar-refractivity contribution is 7.92. The lowest BCUT2D eigenvalue weighted by molar-refractivity contribution is -0.140. The number of hydrogen-bond donors (Lipinski definition) is 1. The third-order valence-corrected chi connectivity index (χ3v) is 8.64. The van der Waals surface area contributed by atoms with Crippen molar-refractivity contribution in [3.05, 3.63) is 132 Å². The minimum atomic E-state index is -4.36. The molecule has 0 aromatic heterocycles. The van der Waals surface area contributed by atoms with E-state index in [1.54, 1.807) is 18.2 Å². The van der Waals surface area contributed by atoms with Crippen molar-refractivity contribution in [3.63, 3.8) is 0 Å². The van der Waals surface area contributed by atoms with Crippen LogP contribution in [0, 0.1) is 12.7 Å². The summed E-state index contributed by atoms with van der Waals surface area (Å²) >= 11 is 0. The summed E-state index contributed by atoms with van der Waals surface area (Å²) in [5.41, 5.74) is 2.31. The molecule has 2 amide bonds. The number of benzene rings is 4. The van der Waals surface area contributed by atoms with Gasteiger partial charge >= 0.3 is 0 Å². The molecule has 224 valence electrons. The number of carbonyl (C=O) groups is 2. The number of halogens is 1. The first-order valence-electron chi connectivity index (χ1n) is 14.1. The van der Waals surface area contributed by atoms with Gasteiger partial charge in [-0.2, -0.15) is 0 Å². The minimum absolute atomic E-state index is 0.0417. The number of anilines is 1. The van der Waals surface area contributed by atoms with Crippen molar-refractivity contribution in [1.82, 2.24) is 10.2 Å². The molecular formula is C34H36FN3O4S. The summed E-state index contributed by atoms with van der Waals surface area (Å²) in [4.78, 5) is 29.3. The molecule has 0 radical (unpaired) electrons. The third-order valence-electron chi connectivity index (χ3n) is 6.87. The fourth-order valence-corrected chi connectivity index (χ4v) is 6.27. The van der Waals surface area contributed by atoms with E-state index >= 15 is 4.39 Å². The fourth-order valence-electron chi connectivity index (χ4n) is 4.83. The lowest BCUT2D eigenvalue weighted by Gasteiger charge is -2.34. The number of rotatable bonds is 12. The van der Waals surface area contributed by atoms with Crippen LogP contribution in [0.2, 0.25) is 0 Å². The summed E-state index contributed by atoms with van der Waals surface area (Å²) in [6.45, 7) is 4.91. The molecule has 7 nitrogen and oxygen atoms in total. The predicted octanol–water partition coefficient (Wildman–Crippen LogP) is 5.49. The predicted molar refractivity (Wildman–Crippen MR) is 166 cm³/mol. The molecule has 9 heteroatoms. The molecule has 0 unspecified atom stereocenters. The number of nitrogens with one attached hydrogen (secondary N) is 1. The van der Waals surface area contributed by atoms with E-state index in [1.165, 1.54) is 35.2 Å². The van der Waals surface area contributed by atoms with Crippen LogP contribution in [0.4, 0.5) is 10.1 Å². The van der Waals surface area contributed by atoms with Gasteiger partial charge in [-0.15, -0.1) is 0 Å². The fraction of sp³-hybridized carbons (Fsp3) is 0.235. The number of hydrogen-bond acceptors (Lipinski definition) is 4. The lowest BCUT2D eigenvalue weighted by atomic mass is 10.0. The van der Waals surface area contributed by atoms with E-state index in [1.807, 2.05) is 75.4 Å². The maximum Gasteiger partial charge on any atom is 0.264 e. The Labute approximate surface area is 253 Å². The van der Waals surface area contributed by atoms with Crippen molar-refractivity contribution in [2.45, 2.75) is 50.7 Å². The first-order valence-corrected chi connectivity index (χ1v) is 15.5.